The largest absolute Gasteiger partial charge is 0.584 e. The fourth-order valence-corrected chi connectivity index (χ4v) is 3.70. The number of hydrogen-bond donors (Lipinski definition) is 3. The fourth-order valence-electron chi connectivity index (χ4n) is 2.77. The van der Waals surface area contributed by atoms with Gasteiger partial charge in [-0.05, 0) is 86.3 Å². The summed E-state index contributed by atoms with van der Waals surface area (Å²) in [4.78, 5) is 9.96. The Hall–Kier alpha value is -3.73. The Labute approximate surface area is 206 Å². The number of phenols is 2. The van der Waals surface area contributed by atoms with Gasteiger partial charge in [-0.1, -0.05) is 60.7 Å². The molecule has 0 radical (unpaired) electrons. The summed E-state index contributed by atoms with van der Waals surface area (Å²) < 4.78 is 22.6. The molecule has 0 aromatic heterocycles. The van der Waals surface area contributed by atoms with E-state index < -0.39 is 7.82 Å². The summed E-state index contributed by atoms with van der Waals surface area (Å²) >= 11 is 0. The van der Waals surface area contributed by atoms with E-state index in [0.717, 1.165) is 22.3 Å². The molecule has 0 spiro atoms. The van der Waals surface area contributed by atoms with E-state index in [1.54, 1.807) is 72.8 Å². The first-order valence-electron chi connectivity index (χ1n) is 10.9. The summed E-state index contributed by atoms with van der Waals surface area (Å²) in [5.74, 6) is 1.35. The molecule has 0 atom stereocenters. The predicted octanol–water partition coefficient (Wildman–Crippen LogP) is 7.26. The van der Waals surface area contributed by atoms with E-state index >= 15 is 0 Å². The molecule has 0 fully saturated rings. The van der Waals surface area contributed by atoms with Crippen molar-refractivity contribution in [2.24, 2.45) is 0 Å². The van der Waals surface area contributed by atoms with Gasteiger partial charge >= 0.3 is 7.82 Å². The van der Waals surface area contributed by atoms with Gasteiger partial charge in [-0.15, -0.1) is 0 Å². The quantitative estimate of drug-likeness (QED) is 0.258. The third-order valence-corrected chi connectivity index (χ3v) is 5.90. The van der Waals surface area contributed by atoms with Crippen LogP contribution in [0.2, 0.25) is 0 Å². The molecular weight excluding hydrogens is 463 g/mol. The highest BCUT2D eigenvalue weighted by Crippen LogP contribution is 2.46. The zero-order chi connectivity index (χ0) is 25.8. The van der Waals surface area contributed by atoms with Gasteiger partial charge in [0.1, 0.15) is 23.0 Å². The van der Waals surface area contributed by atoms with E-state index in [0.29, 0.717) is 23.0 Å². The van der Waals surface area contributed by atoms with Gasteiger partial charge in [0.05, 0.1) is 0 Å². The molecule has 0 heterocycles. The van der Waals surface area contributed by atoms with Crippen LogP contribution in [-0.2, 0) is 4.57 Å². The molecule has 0 amide bonds. The molecule has 7 heteroatoms. The lowest BCUT2D eigenvalue weighted by Crippen LogP contribution is -2.02. The van der Waals surface area contributed by atoms with Gasteiger partial charge < -0.3 is 19.3 Å². The van der Waals surface area contributed by atoms with Crippen LogP contribution < -0.4 is 9.05 Å². The van der Waals surface area contributed by atoms with E-state index in [2.05, 4.69) is 0 Å². The van der Waals surface area contributed by atoms with Crippen molar-refractivity contribution in [3.8, 4) is 23.0 Å². The molecule has 0 aliphatic rings. The van der Waals surface area contributed by atoms with Crippen LogP contribution in [-0.4, -0.2) is 15.1 Å². The predicted molar refractivity (Wildman–Crippen MR) is 139 cm³/mol. The second kappa shape index (κ2) is 13.2. The van der Waals surface area contributed by atoms with Gasteiger partial charge in [0.15, 0.2) is 0 Å². The average Bonchev–Trinajstić information content (AvgIpc) is 2.82. The summed E-state index contributed by atoms with van der Waals surface area (Å²) in [7, 11) is -4.23. The Balaban J connectivity index is 0.000000249. The molecule has 0 aliphatic heterocycles. The molecule has 0 bridgehead atoms. The van der Waals surface area contributed by atoms with Crippen LogP contribution in [0, 0.1) is 27.7 Å². The maximum Gasteiger partial charge on any atom is 0.584 e. The molecule has 0 saturated heterocycles. The average molecular weight is 495 g/mol. The first-order chi connectivity index (χ1) is 16.6. The Morgan fingerprint density at radius 2 is 0.886 bits per heavy atom. The number of phenolic OH excluding ortho intramolecular Hbond substituents is 2. The molecule has 4 aromatic rings. The lowest BCUT2D eigenvalue weighted by atomic mass is 10.1. The molecule has 6 nitrogen and oxygen atoms in total. The number of phosphoric acid groups is 1. The van der Waals surface area contributed by atoms with Gasteiger partial charge in [-0.3, -0.25) is 4.89 Å². The molecule has 0 saturated carbocycles. The maximum atomic E-state index is 12.2. The van der Waals surface area contributed by atoms with Crippen LogP contribution in [0.3, 0.4) is 0 Å². The standard InChI is InChI=1S/C16H19O4P.2C6H6O/c1-11-7-5-9-15(13(11)3)19-21(17,18)20-16-10-6-8-12(2)14(16)4;2*7-6-4-2-1-3-5-6/h5-10H,1-4H3,(H,17,18);2*1-5,7H. The van der Waals surface area contributed by atoms with Crippen molar-refractivity contribution >= 4 is 7.82 Å². The van der Waals surface area contributed by atoms with E-state index in [1.165, 1.54) is 0 Å². The van der Waals surface area contributed by atoms with Gasteiger partial charge in [0.2, 0.25) is 0 Å². The molecular formula is C28H31O6P. The number of para-hydroxylation sites is 2. The smallest absolute Gasteiger partial charge is 0.508 e. The van der Waals surface area contributed by atoms with E-state index in [9.17, 15) is 9.46 Å². The van der Waals surface area contributed by atoms with E-state index in [4.69, 9.17) is 19.3 Å². The van der Waals surface area contributed by atoms with Crippen molar-refractivity contribution in [2.45, 2.75) is 27.7 Å². The van der Waals surface area contributed by atoms with Gasteiger partial charge in [-0.2, -0.15) is 0 Å². The van der Waals surface area contributed by atoms with Crippen molar-refractivity contribution in [2.75, 3.05) is 0 Å². The first kappa shape index (κ1) is 27.5. The third kappa shape index (κ3) is 9.57. The number of benzene rings is 4. The second-order valence-electron chi connectivity index (χ2n) is 7.72. The van der Waals surface area contributed by atoms with Crippen LogP contribution in [0.15, 0.2) is 97.1 Å². The third-order valence-electron chi connectivity index (χ3n) is 5.05. The Morgan fingerprint density at radius 1 is 0.543 bits per heavy atom. The monoisotopic (exact) mass is 494 g/mol. The maximum absolute atomic E-state index is 12.2. The fraction of sp³-hybridized carbons (Fsp3) is 0.143. The lowest BCUT2D eigenvalue weighted by Gasteiger charge is -2.17. The highest BCUT2D eigenvalue weighted by atomic mass is 31.2. The van der Waals surface area contributed by atoms with Crippen LogP contribution in [0.5, 0.6) is 23.0 Å². The molecule has 3 N–H and O–H groups in total. The number of aryl methyl sites for hydroxylation is 2. The topological polar surface area (TPSA) is 96.2 Å². The second-order valence-corrected chi connectivity index (χ2v) is 9.02. The summed E-state index contributed by atoms with van der Waals surface area (Å²) in [6, 6.07) is 28.1. The van der Waals surface area contributed by atoms with Crippen molar-refractivity contribution in [3.63, 3.8) is 0 Å². The van der Waals surface area contributed by atoms with Crippen LogP contribution in [0.25, 0.3) is 0 Å². The molecule has 4 aromatic carbocycles. The minimum absolute atomic E-state index is 0.322. The summed E-state index contributed by atoms with van der Waals surface area (Å²) in [6.45, 7) is 7.50. The number of hydrogen-bond acceptors (Lipinski definition) is 5. The number of phosphoric ester groups is 1. The summed E-state index contributed by atoms with van der Waals surface area (Å²) in [5.41, 5.74) is 3.60. The zero-order valence-corrected chi connectivity index (χ0v) is 21.1. The van der Waals surface area contributed by atoms with Crippen LogP contribution >= 0.6 is 7.82 Å². The molecule has 4 rings (SSSR count). The van der Waals surface area contributed by atoms with Crippen molar-refractivity contribution < 1.29 is 28.7 Å². The first-order valence-corrected chi connectivity index (χ1v) is 12.4. The van der Waals surface area contributed by atoms with E-state index in [1.807, 2.05) is 52.0 Å². The minimum Gasteiger partial charge on any atom is -0.508 e. The SMILES string of the molecule is Cc1cccc(OP(=O)(O)Oc2cccc(C)c2C)c1C.Oc1ccccc1.Oc1ccccc1. The minimum atomic E-state index is -4.23. The molecule has 0 aliphatic carbocycles. The van der Waals surface area contributed by atoms with Crippen LogP contribution in [0.1, 0.15) is 22.3 Å². The zero-order valence-electron chi connectivity index (χ0n) is 20.3. The Kier molecular flexibility index (Phi) is 10.4. The molecule has 35 heavy (non-hydrogen) atoms. The van der Waals surface area contributed by atoms with Gasteiger partial charge in [0, 0.05) is 0 Å². The van der Waals surface area contributed by atoms with Gasteiger partial charge in [-0.25, -0.2) is 4.57 Å². The number of aromatic hydroxyl groups is 2. The summed E-state index contributed by atoms with van der Waals surface area (Å²) in [5, 5.41) is 17.3. The highest BCUT2D eigenvalue weighted by Gasteiger charge is 2.27. The van der Waals surface area contributed by atoms with E-state index in [-0.39, 0.29) is 0 Å². The molecule has 184 valence electrons. The van der Waals surface area contributed by atoms with Crippen molar-refractivity contribution in [1.29, 1.82) is 0 Å². The van der Waals surface area contributed by atoms with Crippen molar-refractivity contribution in [1.82, 2.24) is 0 Å². The van der Waals surface area contributed by atoms with Crippen molar-refractivity contribution in [3.05, 3.63) is 119 Å². The highest BCUT2D eigenvalue weighted by molar-refractivity contribution is 7.48. The van der Waals surface area contributed by atoms with Gasteiger partial charge in [0.25, 0.3) is 0 Å². The summed E-state index contributed by atoms with van der Waals surface area (Å²) in [6.07, 6.45) is 0. The Bertz CT molecular complexity index is 1150. The number of rotatable bonds is 4. The van der Waals surface area contributed by atoms with Crippen LogP contribution in [0.4, 0.5) is 0 Å². The normalized spacial score (nSPS) is 10.2. The molecule has 0 unspecified atom stereocenters. The Morgan fingerprint density at radius 3 is 1.17 bits per heavy atom. The lowest BCUT2D eigenvalue weighted by molar-refractivity contribution is 0.289.